The van der Waals surface area contributed by atoms with Gasteiger partial charge in [-0.25, -0.2) is 18.4 Å². The minimum absolute atomic E-state index is 0.171. The smallest absolute Gasteiger partial charge is 0.436 e. The van der Waals surface area contributed by atoms with Crippen LogP contribution >= 0.6 is 0 Å². The second-order valence-electron chi connectivity index (χ2n) is 9.27. The molecule has 200 valence electrons. The number of hydrogen-bond acceptors (Lipinski definition) is 6. The number of carbonyl (C=O) groups is 2. The van der Waals surface area contributed by atoms with Crippen LogP contribution < -0.4 is 4.74 Å². The van der Waals surface area contributed by atoms with Gasteiger partial charge in [0.2, 0.25) is 0 Å². The zero-order valence-corrected chi connectivity index (χ0v) is 21.3. The van der Waals surface area contributed by atoms with E-state index in [1.165, 1.54) is 29.3 Å². The van der Waals surface area contributed by atoms with E-state index in [9.17, 15) is 18.4 Å². The standard InChI is InChI=1S/C30H31F2NO5/c1-2-19-30(36-26-9-5-3-6-10-26,37-28(34)29(35)38-33-20-7-4-8-21-33)27(22-11-15-24(31)16-12-22)23-13-17-25(32)18-14-23/h3,5-6,9-18,27H,2,4,7-8,19-21H2,1H3. The first-order chi connectivity index (χ1) is 18.4. The van der Waals surface area contributed by atoms with E-state index in [-0.39, 0.29) is 6.42 Å². The van der Waals surface area contributed by atoms with Crippen molar-refractivity contribution in [1.29, 1.82) is 0 Å². The van der Waals surface area contributed by atoms with Crippen molar-refractivity contribution in [2.45, 2.75) is 50.7 Å². The number of benzene rings is 3. The summed E-state index contributed by atoms with van der Waals surface area (Å²) in [6, 6.07) is 20.1. The van der Waals surface area contributed by atoms with Gasteiger partial charge in [0.25, 0.3) is 5.79 Å². The number of carbonyl (C=O) groups excluding carboxylic acids is 2. The minimum Gasteiger partial charge on any atom is -0.451 e. The number of hydrogen-bond donors (Lipinski definition) is 0. The average Bonchev–Trinajstić information content (AvgIpc) is 2.92. The number of esters is 1. The Kier molecular flexibility index (Phi) is 9.07. The summed E-state index contributed by atoms with van der Waals surface area (Å²) in [5.74, 6) is -5.44. The second kappa shape index (κ2) is 12.6. The van der Waals surface area contributed by atoms with Crippen molar-refractivity contribution in [1.82, 2.24) is 5.06 Å². The Bertz CT molecular complexity index is 1150. The molecule has 1 aliphatic heterocycles. The van der Waals surface area contributed by atoms with Gasteiger partial charge in [-0.1, -0.05) is 55.8 Å². The van der Waals surface area contributed by atoms with Crippen LogP contribution in [0.15, 0.2) is 78.9 Å². The summed E-state index contributed by atoms with van der Waals surface area (Å²) in [6.45, 7) is 2.95. The number of halogens is 2. The zero-order chi connectivity index (χ0) is 27.0. The molecule has 1 atom stereocenters. The fraction of sp³-hybridized carbons (Fsp3) is 0.333. The number of para-hydroxylation sites is 1. The van der Waals surface area contributed by atoms with E-state index in [0.29, 0.717) is 36.4 Å². The molecule has 1 aliphatic rings. The van der Waals surface area contributed by atoms with Crippen molar-refractivity contribution in [3.8, 4) is 5.75 Å². The van der Waals surface area contributed by atoms with Gasteiger partial charge in [0.1, 0.15) is 17.4 Å². The van der Waals surface area contributed by atoms with E-state index >= 15 is 0 Å². The van der Waals surface area contributed by atoms with E-state index in [1.807, 2.05) is 13.0 Å². The number of ether oxygens (including phenoxy) is 2. The summed E-state index contributed by atoms with van der Waals surface area (Å²) in [4.78, 5) is 31.4. The van der Waals surface area contributed by atoms with Crippen LogP contribution in [0.5, 0.6) is 5.75 Å². The maximum Gasteiger partial charge on any atom is 0.436 e. The molecule has 1 heterocycles. The van der Waals surface area contributed by atoms with Crippen molar-refractivity contribution in [3.63, 3.8) is 0 Å². The monoisotopic (exact) mass is 523 g/mol. The molecule has 0 radical (unpaired) electrons. The van der Waals surface area contributed by atoms with Crippen LogP contribution in [-0.2, 0) is 19.2 Å². The number of nitrogens with zero attached hydrogens (tertiary/aromatic N) is 1. The van der Waals surface area contributed by atoms with Crippen LogP contribution in [0, 0.1) is 11.6 Å². The predicted molar refractivity (Wildman–Crippen MR) is 137 cm³/mol. The summed E-state index contributed by atoms with van der Waals surface area (Å²) >= 11 is 0. The van der Waals surface area contributed by atoms with Gasteiger partial charge in [0, 0.05) is 19.5 Å². The molecule has 0 N–H and O–H groups in total. The Morgan fingerprint density at radius 1 is 0.816 bits per heavy atom. The third kappa shape index (κ3) is 6.75. The van der Waals surface area contributed by atoms with Crippen LogP contribution in [0.2, 0.25) is 0 Å². The highest BCUT2D eigenvalue weighted by Gasteiger charge is 2.48. The molecule has 1 fully saturated rings. The van der Waals surface area contributed by atoms with Crippen molar-refractivity contribution < 1.29 is 32.7 Å². The largest absolute Gasteiger partial charge is 0.451 e. The Balaban J connectivity index is 1.78. The number of piperidine rings is 1. The van der Waals surface area contributed by atoms with Gasteiger partial charge in [-0.3, -0.25) is 0 Å². The molecule has 0 amide bonds. The van der Waals surface area contributed by atoms with Crippen molar-refractivity contribution in [2.75, 3.05) is 13.1 Å². The molecule has 3 aromatic rings. The Labute approximate surface area is 221 Å². The summed E-state index contributed by atoms with van der Waals surface area (Å²) in [5.41, 5.74) is 1.11. The van der Waals surface area contributed by atoms with Gasteiger partial charge in [-0.05, 0) is 66.8 Å². The van der Waals surface area contributed by atoms with E-state index in [1.54, 1.807) is 48.5 Å². The molecule has 6 nitrogen and oxygen atoms in total. The lowest BCUT2D eigenvalue weighted by atomic mass is 9.81. The topological polar surface area (TPSA) is 65.1 Å². The first kappa shape index (κ1) is 27.3. The molecule has 8 heteroatoms. The van der Waals surface area contributed by atoms with Crippen LogP contribution in [0.4, 0.5) is 8.78 Å². The summed E-state index contributed by atoms with van der Waals surface area (Å²) < 4.78 is 40.2. The molecule has 3 aromatic carbocycles. The molecular formula is C30H31F2NO5. The first-order valence-corrected chi connectivity index (χ1v) is 12.9. The first-order valence-electron chi connectivity index (χ1n) is 12.9. The van der Waals surface area contributed by atoms with Crippen LogP contribution in [0.25, 0.3) is 0 Å². The Hall–Kier alpha value is -3.78. The molecular weight excluding hydrogens is 492 g/mol. The van der Waals surface area contributed by atoms with Gasteiger partial charge < -0.3 is 14.3 Å². The highest BCUT2D eigenvalue weighted by molar-refractivity contribution is 6.29. The van der Waals surface area contributed by atoms with E-state index in [2.05, 4.69) is 0 Å². The molecule has 1 saturated heterocycles. The SMILES string of the molecule is CCCC(OC(=O)C(=O)ON1CCCCC1)(Oc1ccccc1)C(c1ccc(F)cc1)c1ccc(F)cc1. The fourth-order valence-electron chi connectivity index (χ4n) is 4.74. The summed E-state index contributed by atoms with van der Waals surface area (Å²) in [5, 5.41) is 1.46. The average molecular weight is 524 g/mol. The van der Waals surface area contributed by atoms with Gasteiger partial charge in [-0.15, -0.1) is 5.06 Å². The third-order valence-corrected chi connectivity index (χ3v) is 6.44. The number of rotatable bonds is 9. The Morgan fingerprint density at radius 2 is 1.37 bits per heavy atom. The normalized spacial score (nSPS) is 15.5. The highest BCUT2D eigenvalue weighted by Crippen LogP contribution is 2.42. The fourth-order valence-corrected chi connectivity index (χ4v) is 4.74. The predicted octanol–water partition coefficient (Wildman–Crippen LogP) is 6.16. The van der Waals surface area contributed by atoms with Gasteiger partial charge in [0.15, 0.2) is 0 Å². The number of hydroxylamine groups is 2. The van der Waals surface area contributed by atoms with E-state index in [4.69, 9.17) is 14.3 Å². The zero-order valence-electron chi connectivity index (χ0n) is 21.3. The van der Waals surface area contributed by atoms with Gasteiger partial charge in [0.05, 0.1) is 5.92 Å². The molecule has 0 aromatic heterocycles. The highest BCUT2D eigenvalue weighted by atomic mass is 19.1. The van der Waals surface area contributed by atoms with Crippen LogP contribution in [0.1, 0.15) is 56.1 Å². The van der Waals surface area contributed by atoms with E-state index in [0.717, 1.165) is 19.3 Å². The second-order valence-corrected chi connectivity index (χ2v) is 9.27. The Morgan fingerprint density at radius 3 is 1.89 bits per heavy atom. The van der Waals surface area contributed by atoms with Crippen LogP contribution in [-0.4, -0.2) is 35.9 Å². The van der Waals surface area contributed by atoms with E-state index < -0.39 is 35.3 Å². The molecule has 4 rings (SSSR count). The molecule has 1 unspecified atom stereocenters. The van der Waals surface area contributed by atoms with Gasteiger partial charge in [-0.2, -0.15) is 0 Å². The molecule has 0 spiro atoms. The van der Waals surface area contributed by atoms with Crippen molar-refractivity contribution in [3.05, 3.63) is 102 Å². The lowest BCUT2D eigenvalue weighted by molar-refractivity contribution is -0.226. The van der Waals surface area contributed by atoms with Crippen LogP contribution in [0.3, 0.4) is 0 Å². The minimum atomic E-state index is -1.75. The molecule has 0 bridgehead atoms. The van der Waals surface area contributed by atoms with Gasteiger partial charge >= 0.3 is 11.9 Å². The lowest BCUT2D eigenvalue weighted by Gasteiger charge is -2.40. The van der Waals surface area contributed by atoms with Crippen molar-refractivity contribution >= 4 is 11.9 Å². The maximum atomic E-state index is 13.9. The molecule has 0 saturated carbocycles. The lowest BCUT2D eigenvalue weighted by Crippen LogP contribution is -2.49. The summed E-state index contributed by atoms with van der Waals surface area (Å²) in [6.07, 6.45) is 3.41. The third-order valence-electron chi connectivity index (χ3n) is 6.44. The van der Waals surface area contributed by atoms with Crippen molar-refractivity contribution in [2.24, 2.45) is 0 Å². The maximum absolute atomic E-state index is 13.9. The molecule has 38 heavy (non-hydrogen) atoms. The quantitative estimate of drug-likeness (QED) is 0.190. The molecule has 0 aliphatic carbocycles. The summed E-state index contributed by atoms with van der Waals surface area (Å²) in [7, 11) is 0.